The number of hydrogen-bond acceptors (Lipinski definition) is 1. The van der Waals surface area contributed by atoms with Crippen LogP contribution in [0.2, 0.25) is 0 Å². The Hall–Kier alpha value is -1.77. The zero-order valence-electron chi connectivity index (χ0n) is 9.99. The van der Waals surface area contributed by atoms with Crippen molar-refractivity contribution >= 4 is 5.69 Å². The molecular weight excluding hydrogens is 215 g/mol. The van der Waals surface area contributed by atoms with E-state index in [1.807, 2.05) is 0 Å². The molecular formula is C14H17FN2. The molecule has 0 spiro atoms. The van der Waals surface area contributed by atoms with Crippen molar-refractivity contribution in [1.82, 2.24) is 4.57 Å². The summed E-state index contributed by atoms with van der Waals surface area (Å²) in [5.41, 5.74) is 2.19. The highest BCUT2D eigenvalue weighted by atomic mass is 19.1. The summed E-state index contributed by atoms with van der Waals surface area (Å²) in [6.45, 7) is 3.96. The van der Waals surface area contributed by atoms with Crippen LogP contribution in [0, 0.1) is 5.82 Å². The molecule has 0 aliphatic carbocycles. The van der Waals surface area contributed by atoms with E-state index < -0.39 is 0 Å². The molecule has 0 unspecified atom stereocenters. The minimum absolute atomic E-state index is 0.204. The average Bonchev–Trinajstić information content (AvgIpc) is 2.77. The predicted molar refractivity (Wildman–Crippen MR) is 68.4 cm³/mol. The van der Waals surface area contributed by atoms with Gasteiger partial charge in [-0.15, -0.1) is 0 Å². The average molecular weight is 232 g/mol. The molecule has 1 N–H and O–H groups in total. The summed E-state index contributed by atoms with van der Waals surface area (Å²) in [4.78, 5) is 0. The second kappa shape index (κ2) is 5.53. The van der Waals surface area contributed by atoms with Crippen molar-refractivity contribution in [2.24, 2.45) is 0 Å². The van der Waals surface area contributed by atoms with Crippen LogP contribution < -0.4 is 5.32 Å². The zero-order chi connectivity index (χ0) is 12.1. The van der Waals surface area contributed by atoms with Gasteiger partial charge in [-0.05, 0) is 42.8 Å². The molecule has 2 rings (SSSR count). The van der Waals surface area contributed by atoms with Gasteiger partial charge in [0, 0.05) is 24.1 Å². The summed E-state index contributed by atoms with van der Waals surface area (Å²) < 4.78 is 15.0. The fraction of sp³-hybridized carbons (Fsp3) is 0.286. The van der Waals surface area contributed by atoms with Gasteiger partial charge in [-0.2, -0.15) is 0 Å². The zero-order valence-corrected chi connectivity index (χ0v) is 9.99. The maximum atomic E-state index is 12.7. The van der Waals surface area contributed by atoms with E-state index in [4.69, 9.17) is 0 Å². The standard InChI is InChI=1S/C14H17FN2/c1-2-9-17-10-3-4-14(17)11-16-13-7-5-12(15)6-8-13/h3-8,10,16H,2,9,11H2,1H3. The normalized spacial score (nSPS) is 10.5. The van der Waals surface area contributed by atoms with E-state index in [0.29, 0.717) is 0 Å². The molecule has 0 aliphatic rings. The second-order valence-corrected chi connectivity index (χ2v) is 4.05. The minimum atomic E-state index is -0.204. The second-order valence-electron chi connectivity index (χ2n) is 4.05. The fourth-order valence-corrected chi connectivity index (χ4v) is 1.83. The van der Waals surface area contributed by atoms with E-state index in [9.17, 15) is 4.39 Å². The Bertz CT molecular complexity index is 459. The lowest BCUT2D eigenvalue weighted by Gasteiger charge is -2.10. The predicted octanol–water partition coefficient (Wildman–Crippen LogP) is 3.65. The van der Waals surface area contributed by atoms with Gasteiger partial charge in [-0.25, -0.2) is 4.39 Å². The fourth-order valence-electron chi connectivity index (χ4n) is 1.83. The molecule has 3 heteroatoms. The van der Waals surface area contributed by atoms with E-state index in [2.05, 4.69) is 35.1 Å². The number of nitrogens with zero attached hydrogens (tertiary/aromatic N) is 1. The summed E-state index contributed by atoms with van der Waals surface area (Å²) in [7, 11) is 0. The number of anilines is 1. The lowest BCUT2D eigenvalue weighted by molar-refractivity contribution is 0.628. The Kier molecular flexibility index (Phi) is 3.81. The summed E-state index contributed by atoms with van der Waals surface area (Å²) in [6, 6.07) is 10.6. The highest BCUT2D eigenvalue weighted by molar-refractivity contribution is 5.43. The van der Waals surface area contributed by atoms with Crippen molar-refractivity contribution in [2.75, 3.05) is 5.32 Å². The van der Waals surface area contributed by atoms with Gasteiger partial charge in [0.2, 0.25) is 0 Å². The third-order valence-electron chi connectivity index (χ3n) is 2.71. The molecule has 2 nitrogen and oxygen atoms in total. The first-order chi connectivity index (χ1) is 8.29. The molecule has 0 amide bonds. The number of aromatic nitrogens is 1. The van der Waals surface area contributed by atoms with Gasteiger partial charge in [-0.3, -0.25) is 0 Å². The van der Waals surface area contributed by atoms with Crippen molar-refractivity contribution in [2.45, 2.75) is 26.4 Å². The monoisotopic (exact) mass is 232 g/mol. The van der Waals surface area contributed by atoms with Gasteiger partial charge in [0.1, 0.15) is 5.82 Å². The molecule has 0 atom stereocenters. The third kappa shape index (κ3) is 3.09. The van der Waals surface area contributed by atoms with Crippen LogP contribution in [0.1, 0.15) is 19.0 Å². The van der Waals surface area contributed by atoms with Crippen LogP contribution >= 0.6 is 0 Å². The first kappa shape index (κ1) is 11.7. The maximum absolute atomic E-state index is 12.7. The van der Waals surface area contributed by atoms with Crippen LogP contribution in [0.4, 0.5) is 10.1 Å². The van der Waals surface area contributed by atoms with Crippen LogP contribution in [-0.2, 0) is 13.1 Å². The van der Waals surface area contributed by atoms with Crippen molar-refractivity contribution in [3.63, 3.8) is 0 Å². The molecule has 0 saturated heterocycles. The number of hydrogen-bond donors (Lipinski definition) is 1. The van der Waals surface area contributed by atoms with Crippen molar-refractivity contribution in [3.8, 4) is 0 Å². The van der Waals surface area contributed by atoms with Gasteiger partial charge in [0.05, 0.1) is 6.54 Å². The van der Waals surface area contributed by atoms with E-state index in [1.165, 1.54) is 17.8 Å². The molecule has 90 valence electrons. The highest BCUT2D eigenvalue weighted by Crippen LogP contribution is 2.11. The molecule has 0 saturated carbocycles. The van der Waals surface area contributed by atoms with Gasteiger partial charge >= 0.3 is 0 Å². The Morgan fingerprint density at radius 1 is 1.18 bits per heavy atom. The maximum Gasteiger partial charge on any atom is 0.123 e. The van der Waals surface area contributed by atoms with E-state index in [1.54, 1.807) is 12.1 Å². The van der Waals surface area contributed by atoms with Crippen LogP contribution in [0.25, 0.3) is 0 Å². The first-order valence-electron chi connectivity index (χ1n) is 5.93. The van der Waals surface area contributed by atoms with Crippen LogP contribution in [0.5, 0.6) is 0 Å². The number of rotatable bonds is 5. The van der Waals surface area contributed by atoms with Crippen LogP contribution in [0.15, 0.2) is 42.6 Å². The largest absolute Gasteiger partial charge is 0.379 e. The molecule has 0 aliphatic heterocycles. The van der Waals surface area contributed by atoms with Gasteiger partial charge in [-0.1, -0.05) is 6.92 Å². The summed E-state index contributed by atoms with van der Waals surface area (Å²) in [6.07, 6.45) is 3.21. The summed E-state index contributed by atoms with van der Waals surface area (Å²) in [5, 5.41) is 3.29. The van der Waals surface area contributed by atoms with Crippen molar-refractivity contribution < 1.29 is 4.39 Å². The quantitative estimate of drug-likeness (QED) is 0.832. The molecule has 0 radical (unpaired) electrons. The molecule has 1 aromatic carbocycles. The van der Waals surface area contributed by atoms with E-state index in [-0.39, 0.29) is 5.82 Å². The Morgan fingerprint density at radius 2 is 1.94 bits per heavy atom. The number of aryl methyl sites for hydroxylation is 1. The van der Waals surface area contributed by atoms with Gasteiger partial charge < -0.3 is 9.88 Å². The molecule has 2 aromatic rings. The van der Waals surface area contributed by atoms with Crippen molar-refractivity contribution in [1.29, 1.82) is 0 Å². The highest BCUT2D eigenvalue weighted by Gasteiger charge is 2.00. The Morgan fingerprint density at radius 3 is 2.65 bits per heavy atom. The molecule has 17 heavy (non-hydrogen) atoms. The van der Waals surface area contributed by atoms with Gasteiger partial charge in [0.15, 0.2) is 0 Å². The number of benzene rings is 1. The minimum Gasteiger partial charge on any atom is -0.379 e. The SMILES string of the molecule is CCCn1cccc1CNc1ccc(F)cc1. The number of halogens is 1. The van der Waals surface area contributed by atoms with Crippen molar-refractivity contribution in [3.05, 3.63) is 54.1 Å². The summed E-state index contributed by atoms with van der Waals surface area (Å²) in [5.74, 6) is -0.204. The lowest BCUT2D eigenvalue weighted by Crippen LogP contribution is -2.06. The topological polar surface area (TPSA) is 17.0 Å². The van der Waals surface area contributed by atoms with Gasteiger partial charge in [0.25, 0.3) is 0 Å². The third-order valence-corrected chi connectivity index (χ3v) is 2.71. The molecule has 0 fully saturated rings. The Labute approximate surface area is 101 Å². The first-order valence-corrected chi connectivity index (χ1v) is 5.93. The molecule has 0 bridgehead atoms. The van der Waals surface area contributed by atoms with Crippen LogP contribution in [-0.4, -0.2) is 4.57 Å². The van der Waals surface area contributed by atoms with E-state index in [0.717, 1.165) is 25.2 Å². The lowest BCUT2D eigenvalue weighted by atomic mass is 10.3. The van der Waals surface area contributed by atoms with E-state index >= 15 is 0 Å². The molecule has 1 aromatic heterocycles. The van der Waals surface area contributed by atoms with Crippen LogP contribution in [0.3, 0.4) is 0 Å². The molecule has 1 heterocycles. The summed E-state index contributed by atoms with van der Waals surface area (Å²) >= 11 is 0. The number of nitrogens with one attached hydrogen (secondary N) is 1. The Balaban J connectivity index is 1.97. The smallest absolute Gasteiger partial charge is 0.123 e.